The van der Waals surface area contributed by atoms with Crippen LogP contribution in [-0.4, -0.2) is 13.6 Å². The molecule has 0 aliphatic carbocycles. The first-order valence-electron chi connectivity index (χ1n) is 6.68. The van der Waals surface area contributed by atoms with Gasteiger partial charge in [-0.05, 0) is 5.92 Å². The zero-order valence-corrected chi connectivity index (χ0v) is 16.4. The molecule has 0 aromatic rings. The van der Waals surface area contributed by atoms with Crippen LogP contribution in [0, 0.1) is 18.3 Å². The first-order chi connectivity index (χ1) is 7.33. The fraction of sp³-hybridized carbons (Fsp3) is 0.933. The molecule has 0 unspecified atom stereocenters. The van der Waals surface area contributed by atoms with E-state index in [4.69, 9.17) is 0 Å². The molecule has 0 heterocycles. The Morgan fingerprint density at radius 3 is 1.59 bits per heavy atom. The minimum Gasteiger partial charge on any atom is -0.665 e. The van der Waals surface area contributed by atoms with Crippen LogP contribution in [0.15, 0.2) is 0 Å². The second kappa shape index (κ2) is 19.0. The number of hydrogen-bond donors (Lipinski definition) is 0. The Morgan fingerprint density at radius 2 is 1.53 bits per heavy atom. The van der Waals surface area contributed by atoms with E-state index in [1.54, 1.807) is 0 Å². The molecular formula is C15H35NW. The summed E-state index contributed by atoms with van der Waals surface area (Å²) in [6.45, 7) is 19.8. The van der Waals surface area contributed by atoms with Crippen molar-refractivity contribution in [3.8, 4) is 0 Å². The molecule has 0 radical (unpaired) electrons. The summed E-state index contributed by atoms with van der Waals surface area (Å²) in [4.78, 5) is 0. The average molecular weight is 413 g/mol. The maximum absolute atomic E-state index is 4.01. The van der Waals surface area contributed by atoms with E-state index in [0.717, 1.165) is 18.9 Å². The van der Waals surface area contributed by atoms with Crippen molar-refractivity contribution >= 4 is 0 Å². The minimum absolute atomic E-state index is 0. The van der Waals surface area contributed by atoms with E-state index in [2.05, 4.69) is 46.9 Å². The van der Waals surface area contributed by atoms with Gasteiger partial charge in [-0.15, -0.1) is 6.54 Å². The SMILES string of the molecule is CC.C[N-]CC(C)(C)C.[CH2-]CCCC(C)C.[W+2]. The Hall–Kier alpha value is 0.648. The van der Waals surface area contributed by atoms with Crippen LogP contribution in [0.5, 0.6) is 0 Å². The van der Waals surface area contributed by atoms with Gasteiger partial charge in [-0.1, -0.05) is 66.7 Å². The van der Waals surface area contributed by atoms with Crippen LogP contribution in [-0.2, 0) is 21.1 Å². The Balaban J connectivity index is -0.0000000823. The Bertz CT molecular complexity index is 106. The third-order valence-electron chi connectivity index (χ3n) is 1.66. The van der Waals surface area contributed by atoms with Gasteiger partial charge in [-0.3, -0.25) is 0 Å². The fourth-order valence-electron chi connectivity index (χ4n) is 1.03. The fourth-order valence-corrected chi connectivity index (χ4v) is 1.03. The van der Waals surface area contributed by atoms with Crippen molar-refractivity contribution in [2.45, 2.75) is 67.7 Å². The Labute approximate surface area is 126 Å². The molecule has 1 nitrogen and oxygen atoms in total. The molecule has 17 heavy (non-hydrogen) atoms. The van der Waals surface area contributed by atoms with Crippen LogP contribution >= 0.6 is 0 Å². The molecule has 0 atom stereocenters. The molecule has 0 aliphatic heterocycles. The molecule has 0 aliphatic rings. The second-order valence-electron chi connectivity index (χ2n) is 5.42. The Morgan fingerprint density at radius 1 is 1.12 bits per heavy atom. The molecule has 0 fully saturated rings. The molecule has 0 aromatic heterocycles. The number of rotatable bonds is 4. The van der Waals surface area contributed by atoms with Crippen molar-refractivity contribution in [1.29, 1.82) is 0 Å². The summed E-state index contributed by atoms with van der Waals surface area (Å²) in [7, 11) is 1.85. The first kappa shape index (κ1) is 26.3. The van der Waals surface area contributed by atoms with E-state index in [9.17, 15) is 0 Å². The van der Waals surface area contributed by atoms with Gasteiger partial charge in [0.25, 0.3) is 0 Å². The summed E-state index contributed by atoms with van der Waals surface area (Å²) < 4.78 is 0. The largest absolute Gasteiger partial charge is 2.00 e. The van der Waals surface area contributed by atoms with Gasteiger partial charge < -0.3 is 12.2 Å². The molecule has 0 N–H and O–H groups in total. The van der Waals surface area contributed by atoms with E-state index in [0.29, 0.717) is 5.41 Å². The van der Waals surface area contributed by atoms with E-state index < -0.39 is 0 Å². The predicted molar refractivity (Wildman–Crippen MR) is 79.0 cm³/mol. The summed E-state index contributed by atoms with van der Waals surface area (Å²) in [6, 6.07) is 0. The van der Waals surface area contributed by atoms with Crippen molar-refractivity contribution < 1.29 is 21.1 Å². The van der Waals surface area contributed by atoms with Crippen molar-refractivity contribution in [3.63, 3.8) is 0 Å². The van der Waals surface area contributed by atoms with Crippen molar-refractivity contribution in [3.05, 3.63) is 12.2 Å². The molecular weight excluding hydrogens is 378 g/mol. The van der Waals surface area contributed by atoms with Gasteiger partial charge >= 0.3 is 21.1 Å². The van der Waals surface area contributed by atoms with Gasteiger partial charge in [-0.25, -0.2) is 0 Å². The van der Waals surface area contributed by atoms with Gasteiger partial charge in [0, 0.05) is 0 Å². The standard InChI is InChI=1S/C7H15.C6H14N.C2H6.W/c1-4-5-6-7(2)3;1-6(2,3)5-7-4;1-2;/h7H,1,4-6H2,2-3H3;5H2,1-4H3;1-2H3;/q2*-1;;+2. The summed E-state index contributed by atoms with van der Waals surface area (Å²) >= 11 is 0. The maximum Gasteiger partial charge on any atom is 2.00 e. The van der Waals surface area contributed by atoms with E-state index in [-0.39, 0.29) is 21.1 Å². The number of hydrogen-bond acceptors (Lipinski definition) is 0. The van der Waals surface area contributed by atoms with E-state index in [1.807, 2.05) is 20.9 Å². The summed E-state index contributed by atoms with van der Waals surface area (Å²) in [6.07, 6.45) is 3.72. The van der Waals surface area contributed by atoms with Gasteiger partial charge in [-0.2, -0.15) is 13.5 Å². The molecule has 0 aromatic carbocycles. The van der Waals surface area contributed by atoms with Crippen LogP contribution < -0.4 is 0 Å². The van der Waals surface area contributed by atoms with Crippen LogP contribution in [0.1, 0.15) is 67.7 Å². The smallest absolute Gasteiger partial charge is 0.665 e. The van der Waals surface area contributed by atoms with Crippen LogP contribution in [0.4, 0.5) is 0 Å². The zero-order chi connectivity index (χ0) is 13.6. The molecule has 2 heteroatoms. The second-order valence-corrected chi connectivity index (χ2v) is 5.42. The molecule has 0 saturated heterocycles. The summed E-state index contributed by atoms with van der Waals surface area (Å²) in [5, 5.41) is 4.01. The average Bonchev–Trinajstić information content (AvgIpc) is 2.17. The summed E-state index contributed by atoms with van der Waals surface area (Å²) in [5.41, 5.74) is 0.384. The molecule has 0 rings (SSSR count). The Kier molecular flexibility index (Phi) is 29.3. The number of unbranched alkanes of at least 4 members (excludes halogenated alkanes) is 1. The van der Waals surface area contributed by atoms with Crippen LogP contribution in [0.2, 0.25) is 0 Å². The molecule has 0 amide bonds. The molecule has 106 valence electrons. The quantitative estimate of drug-likeness (QED) is 0.525. The number of nitrogens with zero attached hydrogens (tertiary/aromatic N) is 1. The van der Waals surface area contributed by atoms with Crippen molar-refractivity contribution in [1.82, 2.24) is 0 Å². The third kappa shape index (κ3) is 47.8. The predicted octanol–water partition coefficient (Wildman–Crippen LogP) is 5.71. The minimum atomic E-state index is 0. The summed E-state index contributed by atoms with van der Waals surface area (Å²) in [5.74, 6) is 0.863. The van der Waals surface area contributed by atoms with Gasteiger partial charge in [0.15, 0.2) is 0 Å². The van der Waals surface area contributed by atoms with E-state index >= 15 is 0 Å². The normalized spacial score (nSPS) is 9.53. The van der Waals surface area contributed by atoms with Crippen molar-refractivity contribution in [2.75, 3.05) is 13.6 Å². The maximum atomic E-state index is 4.01. The molecule has 0 spiro atoms. The van der Waals surface area contributed by atoms with Crippen molar-refractivity contribution in [2.24, 2.45) is 11.3 Å². The van der Waals surface area contributed by atoms with E-state index in [1.165, 1.54) is 12.8 Å². The van der Waals surface area contributed by atoms with Gasteiger partial charge in [0.05, 0.1) is 0 Å². The monoisotopic (exact) mass is 413 g/mol. The zero-order valence-electron chi connectivity index (χ0n) is 13.5. The van der Waals surface area contributed by atoms with Crippen LogP contribution in [0.25, 0.3) is 5.32 Å². The van der Waals surface area contributed by atoms with Crippen LogP contribution in [0.3, 0.4) is 0 Å². The van der Waals surface area contributed by atoms with Gasteiger partial charge in [0.1, 0.15) is 0 Å². The van der Waals surface area contributed by atoms with Gasteiger partial charge in [0.2, 0.25) is 0 Å². The third-order valence-corrected chi connectivity index (χ3v) is 1.66. The molecule has 0 bridgehead atoms. The topological polar surface area (TPSA) is 14.1 Å². The molecule has 0 saturated carbocycles. The first-order valence-corrected chi connectivity index (χ1v) is 6.68.